The second-order valence-corrected chi connectivity index (χ2v) is 5.57. The van der Waals surface area contributed by atoms with Crippen molar-refractivity contribution in [3.05, 3.63) is 40.5 Å². The van der Waals surface area contributed by atoms with Crippen LogP contribution in [0, 0.1) is 0 Å². The first-order valence-electron chi connectivity index (χ1n) is 7.61. The van der Waals surface area contributed by atoms with Crippen molar-refractivity contribution in [3.63, 3.8) is 0 Å². The van der Waals surface area contributed by atoms with Crippen LogP contribution in [-0.2, 0) is 20.4 Å². The third-order valence-electron chi connectivity index (χ3n) is 3.79. The average molecular weight is 344 g/mol. The summed E-state index contributed by atoms with van der Waals surface area (Å²) in [4.78, 5) is 11.2. The first kappa shape index (κ1) is 18.5. The maximum absolute atomic E-state index is 13.3. The Kier molecular flexibility index (Phi) is 5.66. The maximum Gasteiger partial charge on any atom is 0.416 e. The van der Waals surface area contributed by atoms with E-state index in [0.29, 0.717) is 18.8 Å². The first-order valence-corrected chi connectivity index (χ1v) is 7.61. The van der Waals surface area contributed by atoms with Crippen LogP contribution in [0.1, 0.15) is 43.1 Å². The van der Waals surface area contributed by atoms with Crippen molar-refractivity contribution < 1.29 is 32.5 Å². The number of alkyl halides is 3. The fraction of sp³-hybridized carbons (Fsp3) is 0.471. The summed E-state index contributed by atoms with van der Waals surface area (Å²) >= 11 is 0. The van der Waals surface area contributed by atoms with Gasteiger partial charge < -0.3 is 14.6 Å². The quantitative estimate of drug-likeness (QED) is 0.599. The van der Waals surface area contributed by atoms with Gasteiger partial charge in [0, 0.05) is 5.57 Å². The highest BCUT2D eigenvalue weighted by atomic mass is 19.4. The van der Waals surface area contributed by atoms with Crippen LogP contribution < -0.4 is 0 Å². The Bertz CT molecular complexity index is 633. The fourth-order valence-electron chi connectivity index (χ4n) is 2.34. The molecule has 1 unspecified atom stereocenters. The number of ether oxygens (including phenoxy) is 2. The number of carbonyl (C=O) groups is 1. The summed E-state index contributed by atoms with van der Waals surface area (Å²) in [6, 6.07) is 3.77. The molecule has 1 aromatic carbocycles. The van der Waals surface area contributed by atoms with Gasteiger partial charge >= 0.3 is 12.1 Å². The molecule has 24 heavy (non-hydrogen) atoms. The molecule has 1 aliphatic heterocycles. The van der Waals surface area contributed by atoms with E-state index in [4.69, 9.17) is 14.6 Å². The number of carboxylic acid groups (broad SMARTS) is 1. The van der Waals surface area contributed by atoms with Crippen LogP contribution >= 0.6 is 0 Å². The third kappa shape index (κ3) is 4.58. The minimum absolute atomic E-state index is 0.0116. The molecule has 0 saturated carbocycles. The summed E-state index contributed by atoms with van der Waals surface area (Å²) < 4.78 is 50.6. The van der Waals surface area contributed by atoms with Gasteiger partial charge in [0.25, 0.3) is 0 Å². The molecule has 2 rings (SSSR count). The smallest absolute Gasteiger partial charge is 0.416 e. The summed E-state index contributed by atoms with van der Waals surface area (Å²) in [5.74, 6) is -1.24. The van der Waals surface area contributed by atoms with Crippen LogP contribution in [0.2, 0.25) is 0 Å². The predicted molar refractivity (Wildman–Crippen MR) is 81.5 cm³/mol. The van der Waals surface area contributed by atoms with Gasteiger partial charge in [-0.3, -0.25) is 0 Å². The Balaban J connectivity index is 2.46. The summed E-state index contributed by atoms with van der Waals surface area (Å²) in [6.45, 7) is 4.10. The fourth-order valence-corrected chi connectivity index (χ4v) is 2.34. The number of benzene rings is 1. The molecule has 0 bridgehead atoms. The third-order valence-corrected chi connectivity index (χ3v) is 3.79. The average Bonchev–Trinajstić information content (AvgIpc) is 3.33. The van der Waals surface area contributed by atoms with Crippen molar-refractivity contribution >= 4 is 12.0 Å². The van der Waals surface area contributed by atoms with Crippen molar-refractivity contribution in [2.75, 3.05) is 13.2 Å². The highest BCUT2D eigenvalue weighted by Crippen LogP contribution is 2.37. The minimum atomic E-state index is -4.58. The molecule has 1 aliphatic rings. The second kappa shape index (κ2) is 7.36. The van der Waals surface area contributed by atoms with E-state index in [1.54, 1.807) is 13.8 Å². The van der Waals surface area contributed by atoms with Crippen LogP contribution in [0.4, 0.5) is 13.2 Å². The number of rotatable bonds is 7. The lowest BCUT2D eigenvalue weighted by Crippen LogP contribution is -2.13. The van der Waals surface area contributed by atoms with E-state index in [9.17, 15) is 18.0 Å². The van der Waals surface area contributed by atoms with Gasteiger partial charge in [0.1, 0.15) is 6.10 Å². The van der Waals surface area contributed by atoms with Crippen molar-refractivity contribution in [2.45, 2.75) is 38.7 Å². The number of halogens is 3. The van der Waals surface area contributed by atoms with Gasteiger partial charge in [-0.1, -0.05) is 19.1 Å². The van der Waals surface area contributed by atoms with Crippen molar-refractivity contribution in [1.82, 2.24) is 0 Å². The van der Waals surface area contributed by atoms with E-state index in [1.165, 1.54) is 12.1 Å². The van der Waals surface area contributed by atoms with E-state index in [-0.39, 0.29) is 23.7 Å². The monoisotopic (exact) mass is 344 g/mol. The van der Waals surface area contributed by atoms with E-state index in [2.05, 4.69) is 0 Å². The normalized spacial score (nSPS) is 19.2. The molecule has 0 amide bonds. The van der Waals surface area contributed by atoms with E-state index in [1.807, 2.05) is 0 Å². The van der Waals surface area contributed by atoms with Crippen LogP contribution in [0.5, 0.6) is 0 Å². The van der Waals surface area contributed by atoms with Crippen molar-refractivity contribution in [1.29, 1.82) is 0 Å². The molecule has 1 N–H and O–H groups in total. The Labute approximate surface area is 137 Å². The molecule has 1 saturated heterocycles. The predicted octanol–water partition coefficient (Wildman–Crippen LogP) is 4.06. The highest BCUT2D eigenvalue weighted by Gasteiger charge is 2.35. The number of hydrogen-bond donors (Lipinski definition) is 1. The maximum atomic E-state index is 13.3. The summed E-state index contributed by atoms with van der Waals surface area (Å²) in [5, 5.41) is 9.14. The molecule has 132 valence electrons. The van der Waals surface area contributed by atoms with Gasteiger partial charge in [-0.05, 0) is 36.6 Å². The Morgan fingerprint density at radius 1 is 1.50 bits per heavy atom. The summed E-state index contributed by atoms with van der Waals surface area (Å²) in [5.41, 5.74) is -0.817. The molecule has 0 spiro atoms. The molecule has 0 aliphatic carbocycles. The lowest BCUT2D eigenvalue weighted by atomic mass is 9.94. The zero-order valence-corrected chi connectivity index (χ0v) is 13.4. The van der Waals surface area contributed by atoms with Gasteiger partial charge in [0.15, 0.2) is 0 Å². The number of epoxide rings is 1. The molecule has 0 aromatic heterocycles. The zero-order valence-electron chi connectivity index (χ0n) is 13.4. The standard InChI is InChI=1S/C17H19F3O4/c1-3-11(16(21)22)7-14-13(10(2)23-8-12-9-24-12)5-4-6-15(14)17(18,19)20/h4-7,10,12H,3,8-9H2,1-2H3,(H,21,22)/t10-,12?/m1/s1. The van der Waals surface area contributed by atoms with Gasteiger partial charge in [-0.25, -0.2) is 4.79 Å². The Morgan fingerprint density at radius 3 is 2.67 bits per heavy atom. The van der Waals surface area contributed by atoms with E-state index >= 15 is 0 Å². The molecular weight excluding hydrogens is 325 g/mol. The van der Waals surface area contributed by atoms with Crippen LogP contribution in [0.15, 0.2) is 23.8 Å². The molecule has 7 heteroatoms. The molecule has 1 fully saturated rings. The number of hydrogen-bond acceptors (Lipinski definition) is 3. The SMILES string of the molecule is CCC(=Cc1c([C@@H](C)OCC2CO2)cccc1C(F)(F)F)C(=O)O. The largest absolute Gasteiger partial charge is 0.478 e. The van der Waals surface area contributed by atoms with Gasteiger partial charge in [-0.15, -0.1) is 0 Å². The Hall–Kier alpha value is -1.86. The number of carboxylic acids is 1. The summed E-state index contributed by atoms with van der Waals surface area (Å²) in [6.07, 6.45) is -4.00. The molecular formula is C17H19F3O4. The van der Waals surface area contributed by atoms with Gasteiger partial charge in [-0.2, -0.15) is 13.2 Å². The first-order chi connectivity index (χ1) is 11.2. The van der Waals surface area contributed by atoms with Crippen molar-refractivity contribution in [2.24, 2.45) is 0 Å². The minimum Gasteiger partial charge on any atom is -0.478 e. The van der Waals surface area contributed by atoms with Crippen molar-refractivity contribution in [3.8, 4) is 0 Å². The van der Waals surface area contributed by atoms with E-state index in [0.717, 1.165) is 12.1 Å². The topological polar surface area (TPSA) is 59.1 Å². The Morgan fingerprint density at radius 2 is 2.17 bits per heavy atom. The lowest BCUT2D eigenvalue weighted by Gasteiger charge is -2.20. The molecule has 0 radical (unpaired) electrons. The molecule has 1 aromatic rings. The highest BCUT2D eigenvalue weighted by molar-refractivity contribution is 5.92. The molecule has 1 heterocycles. The van der Waals surface area contributed by atoms with E-state index < -0.39 is 23.8 Å². The summed E-state index contributed by atoms with van der Waals surface area (Å²) in [7, 11) is 0. The van der Waals surface area contributed by atoms with Crippen LogP contribution in [-0.4, -0.2) is 30.4 Å². The van der Waals surface area contributed by atoms with Crippen LogP contribution in [0.3, 0.4) is 0 Å². The lowest BCUT2D eigenvalue weighted by molar-refractivity contribution is -0.138. The van der Waals surface area contributed by atoms with Crippen LogP contribution in [0.25, 0.3) is 6.08 Å². The van der Waals surface area contributed by atoms with Gasteiger partial charge in [0.2, 0.25) is 0 Å². The van der Waals surface area contributed by atoms with Gasteiger partial charge in [0.05, 0.1) is 24.9 Å². The number of aliphatic carboxylic acids is 1. The second-order valence-electron chi connectivity index (χ2n) is 5.57. The molecule has 4 nitrogen and oxygen atoms in total. The zero-order chi connectivity index (χ0) is 17.9. The molecule has 2 atom stereocenters.